The van der Waals surface area contributed by atoms with Gasteiger partial charge in [-0.25, -0.2) is 0 Å². The molecule has 0 spiro atoms. The first-order valence-corrected chi connectivity index (χ1v) is 6.85. The number of rotatable bonds is 6. The van der Waals surface area contributed by atoms with Crippen LogP contribution < -0.4 is 0 Å². The third-order valence-corrected chi connectivity index (χ3v) is 3.08. The number of hydrogen-bond donors (Lipinski definition) is 2. The lowest BCUT2D eigenvalue weighted by Gasteiger charge is -2.06. The third kappa shape index (κ3) is 5.18. The van der Waals surface area contributed by atoms with E-state index in [1.165, 1.54) is 18.2 Å². The highest BCUT2D eigenvalue weighted by molar-refractivity contribution is 5.69. The van der Waals surface area contributed by atoms with Gasteiger partial charge in [0.2, 0.25) is 0 Å². The van der Waals surface area contributed by atoms with E-state index in [0.29, 0.717) is 25.0 Å². The molecule has 0 aliphatic heterocycles. The fourth-order valence-corrected chi connectivity index (χ4v) is 2.05. The minimum absolute atomic E-state index is 0.0116. The maximum absolute atomic E-state index is 11.6. The van der Waals surface area contributed by atoms with E-state index in [1.807, 2.05) is 30.3 Å². The fourth-order valence-electron chi connectivity index (χ4n) is 2.05. The van der Waals surface area contributed by atoms with Gasteiger partial charge in [-0.1, -0.05) is 30.3 Å². The van der Waals surface area contributed by atoms with Gasteiger partial charge in [-0.05, 0) is 29.7 Å². The largest absolute Gasteiger partial charge is 0.508 e. The molecule has 0 saturated carbocycles. The van der Waals surface area contributed by atoms with Crippen molar-refractivity contribution in [3.8, 4) is 11.5 Å². The molecule has 0 aliphatic rings. The van der Waals surface area contributed by atoms with Gasteiger partial charge in [-0.15, -0.1) is 0 Å². The number of phenols is 2. The number of benzene rings is 2. The maximum Gasteiger partial charge on any atom is 0.306 e. The average Bonchev–Trinajstić information content (AvgIpc) is 2.45. The molecule has 4 nitrogen and oxygen atoms in total. The summed E-state index contributed by atoms with van der Waals surface area (Å²) in [5, 5.41) is 18.7. The molecule has 0 unspecified atom stereocenters. The Kier molecular flexibility index (Phi) is 5.21. The van der Waals surface area contributed by atoms with Crippen molar-refractivity contribution in [3.05, 3.63) is 59.7 Å². The highest BCUT2D eigenvalue weighted by Gasteiger charge is 2.06. The van der Waals surface area contributed by atoms with Crippen LogP contribution in [0.1, 0.15) is 17.5 Å². The van der Waals surface area contributed by atoms with Gasteiger partial charge in [-0.2, -0.15) is 0 Å². The second kappa shape index (κ2) is 7.33. The Morgan fingerprint density at radius 3 is 2.24 bits per heavy atom. The molecular weight excluding hydrogens is 268 g/mol. The molecule has 110 valence electrons. The van der Waals surface area contributed by atoms with Crippen LogP contribution in [0.25, 0.3) is 0 Å². The van der Waals surface area contributed by atoms with Crippen molar-refractivity contribution in [1.82, 2.24) is 0 Å². The monoisotopic (exact) mass is 286 g/mol. The summed E-state index contributed by atoms with van der Waals surface area (Å²) >= 11 is 0. The summed E-state index contributed by atoms with van der Waals surface area (Å²) in [4.78, 5) is 11.6. The lowest BCUT2D eigenvalue weighted by atomic mass is 10.1. The molecule has 0 aliphatic carbocycles. The number of aryl methyl sites for hydroxylation is 1. The van der Waals surface area contributed by atoms with Crippen LogP contribution >= 0.6 is 0 Å². The number of carbonyl (C=O) groups is 1. The first-order valence-electron chi connectivity index (χ1n) is 6.85. The number of ether oxygens (including phenoxy) is 1. The standard InChI is InChI=1S/C17H18O4/c18-15-10-14(11-16(19)12-15)6-7-17(20)21-9-8-13-4-2-1-3-5-13/h1-5,10-12,18-19H,6-9H2. The van der Waals surface area contributed by atoms with Crippen molar-refractivity contribution >= 4 is 5.97 Å². The highest BCUT2D eigenvalue weighted by Crippen LogP contribution is 2.21. The second-order valence-corrected chi connectivity index (χ2v) is 4.81. The number of phenolic OH excluding ortho intramolecular Hbond substituents is 2. The number of carbonyl (C=O) groups excluding carboxylic acids is 1. The van der Waals surface area contributed by atoms with Gasteiger partial charge < -0.3 is 14.9 Å². The van der Waals surface area contributed by atoms with Crippen LogP contribution in [-0.4, -0.2) is 22.8 Å². The quantitative estimate of drug-likeness (QED) is 0.801. The molecule has 0 atom stereocenters. The Bertz CT molecular complexity index is 573. The molecule has 0 radical (unpaired) electrons. The van der Waals surface area contributed by atoms with E-state index < -0.39 is 0 Å². The Labute approximate surface area is 123 Å². The summed E-state index contributed by atoms with van der Waals surface area (Å²) in [7, 11) is 0. The van der Waals surface area contributed by atoms with Crippen LogP contribution in [-0.2, 0) is 22.4 Å². The van der Waals surface area contributed by atoms with Gasteiger partial charge in [-0.3, -0.25) is 4.79 Å². The topological polar surface area (TPSA) is 66.8 Å². The van der Waals surface area contributed by atoms with E-state index in [4.69, 9.17) is 4.74 Å². The zero-order valence-electron chi connectivity index (χ0n) is 11.7. The number of aromatic hydroxyl groups is 2. The summed E-state index contributed by atoms with van der Waals surface area (Å²) in [5.41, 5.74) is 1.83. The van der Waals surface area contributed by atoms with E-state index in [2.05, 4.69) is 0 Å². The van der Waals surface area contributed by atoms with Crippen molar-refractivity contribution in [2.75, 3.05) is 6.61 Å². The van der Waals surface area contributed by atoms with Crippen LogP contribution in [0.4, 0.5) is 0 Å². The summed E-state index contributed by atoms with van der Waals surface area (Å²) in [6.07, 6.45) is 1.34. The minimum Gasteiger partial charge on any atom is -0.508 e. The smallest absolute Gasteiger partial charge is 0.306 e. The van der Waals surface area contributed by atoms with Gasteiger partial charge in [0.15, 0.2) is 0 Å². The molecule has 2 aromatic rings. The predicted octanol–water partition coefficient (Wildman–Crippen LogP) is 2.82. The van der Waals surface area contributed by atoms with Crippen molar-refractivity contribution in [3.63, 3.8) is 0 Å². The third-order valence-electron chi connectivity index (χ3n) is 3.08. The number of esters is 1. The van der Waals surface area contributed by atoms with E-state index in [1.54, 1.807) is 0 Å². The molecule has 0 fully saturated rings. The van der Waals surface area contributed by atoms with Crippen LogP contribution in [0, 0.1) is 0 Å². The lowest BCUT2D eigenvalue weighted by Crippen LogP contribution is -2.08. The van der Waals surface area contributed by atoms with E-state index in [-0.39, 0.29) is 23.9 Å². The van der Waals surface area contributed by atoms with E-state index in [0.717, 1.165) is 5.56 Å². The van der Waals surface area contributed by atoms with Crippen LogP contribution in [0.3, 0.4) is 0 Å². The van der Waals surface area contributed by atoms with Gasteiger partial charge in [0.05, 0.1) is 6.61 Å². The summed E-state index contributed by atoms with van der Waals surface area (Å²) in [6, 6.07) is 14.1. The summed E-state index contributed by atoms with van der Waals surface area (Å²) < 4.78 is 5.16. The molecule has 2 aromatic carbocycles. The fraction of sp³-hybridized carbons (Fsp3) is 0.235. The zero-order valence-corrected chi connectivity index (χ0v) is 11.7. The molecule has 2 N–H and O–H groups in total. The Morgan fingerprint density at radius 1 is 0.905 bits per heavy atom. The lowest BCUT2D eigenvalue weighted by molar-refractivity contribution is -0.143. The molecular formula is C17H18O4. The zero-order chi connectivity index (χ0) is 15.1. The van der Waals surface area contributed by atoms with E-state index >= 15 is 0 Å². The molecule has 0 aromatic heterocycles. The Balaban J connectivity index is 1.72. The molecule has 21 heavy (non-hydrogen) atoms. The highest BCUT2D eigenvalue weighted by atomic mass is 16.5. The second-order valence-electron chi connectivity index (χ2n) is 4.81. The van der Waals surface area contributed by atoms with Crippen LogP contribution in [0.15, 0.2) is 48.5 Å². The molecule has 0 heterocycles. The van der Waals surface area contributed by atoms with Crippen molar-refractivity contribution < 1.29 is 19.7 Å². The average molecular weight is 286 g/mol. The Morgan fingerprint density at radius 2 is 1.57 bits per heavy atom. The van der Waals surface area contributed by atoms with Gasteiger partial charge in [0.25, 0.3) is 0 Å². The van der Waals surface area contributed by atoms with Gasteiger partial charge in [0, 0.05) is 18.9 Å². The van der Waals surface area contributed by atoms with Crippen LogP contribution in [0.5, 0.6) is 11.5 Å². The minimum atomic E-state index is -0.284. The van der Waals surface area contributed by atoms with Crippen molar-refractivity contribution in [2.45, 2.75) is 19.3 Å². The summed E-state index contributed by atoms with van der Waals surface area (Å²) in [5.74, 6) is -0.307. The summed E-state index contributed by atoms with van der Waals surface area (Å²) in [6.45, 7) is 0.355. The molecule has 4 heteroatoms. The SMILES string of the molecule is O=C(CCc1cc(O)cc(O)c1)OCCc1ccccc1. The van der Waals surface area contributed by atoms with Gasteiger partial charge >= 0.3 is 5.97 Å². The van der Waals surface area contributed by atoms with Crippen molar-refractivity contribution in [2.24, 2.45) is 0 Å². The number of hydrogen-bond acceptors (Lipinski definition) is 4. The predicted molar refractivity (Wildman–Crippen MR) is 79.2 cm³/mol. The first-order chi connectivity index (χ1) is 10.1. The molecule has 2 rings (SSSR count). The molecule has 0 amide bonds. The molecule has 0 bridgehead atoms. The Hall–Kier alpha value is -2.49. The first kappa shape index (κ1) is 14.9. The van der Waals surface area contributed by atoms with Crippen molar-refractivity contribution in [1.29, 1.82) is 0 Å². The van der Waals surface area contributed by atoms with E-state index in [9.17, 15) is 15.0 Å². The normalized spacial score (nSPS) is 10.3. The molecule has 0 saturated heterocycles. The maximum atomic E-state index is 11.6. The van der Waals surface area contributed by atoms with Gasteiger partial charge in [0.1, 0.15) is 11.5 Å². The van der Waals surface area contributed by atoms with Crippen LogP contribution in [0.2, 0.25) is 0 Å².